The Labute approximate surface area is 147 Å². The molecule has 2 aliphatic rings. The van der Waals surface area contributed by atoms with Crippen LogP contribution in [0.25, 0.3) is 0 Å². The van der Waals surface area contributed by atoms with Gasteiger partial charge >= 0.3 is 0 Å². The van der Waals surface area contributed by atoms with E-state index in [1.165, 1.54) is 30.0 Å². The van der Waals surface area contributed by atoms with Crippen LogP contribution < -0.4 is 4.90 Å². The van der Waals surface area contributed by atoms with Gasteiger partial charge in [-0.15, -0.1) is 11.3 Å². The Bertz CT molecular complexity index is 724. The number of piperidine rings is 1. The zero-order chi connectivity index (χ0) is 16.6. The second-order valence-corrected chi connectivity index (χ2v) is 8.05. The van der Waals surface area contributed by atoms with Crippen molar-refractivity contribution in [2.24, 2.45) is 5.41 Å². The maximum atomic E-state index is 8.92. The highest BCUT2D eigenvalue weighted by Gasteiger charge is 2.56. The van der Waals surface area contributed by atoms with Gasteiger partial charge in [0.1, 0.15) is 5.01 Å². The molecule has 4 nitrogen and oxygen atoms in total. The van der Waals surface area contributed by atoms with Gasteiger partial charge in [-0.05, 0) is 56.0 Å². The Balaban J connectivity index is 1.34. The van der Waals surface area contributed by atoms with Gasteiger partial charge in [-0.3, -0.25) is 4.90 Å². The summed E-state index contributed by atoms with van der Waals surface area (Å²) in [6.07, 6.45) is 5.75. The number of hydrogen-bond donors (Lipinski definition) is 0. The van der Waals surface area contributed by atoms with Gasteiger partial charge in [0, 0.05) is 36.4 Å². The van der Waals surface area contributed by atoms with Crippen molar-refractivity contribution in [3.05, 3.63) is 46.4 Å². The molecule has 1 aromatic carbocycles. The van der Waals surface area contributed by atoms with Crippen LogP contribution in [0, 0.1) is 16.7 Å². The quantitative estimate of drug-likeness (QED) is 0.856. The largest absolute Gasteiger partial charge is 0.371 e. The molecule has 1 aliphatic heterocycles. The Morgan fingerprint density at radius 3 is 2.71 bits per heavy atom. The normalized spacial score (nSPS) is 21.9. The summed E-state index contributed by atoms with van der Waals surface area (Å²) in [4.78, 5) is 9.37. The van der Waals surface area contributed by atoms with E-state index in [9.17, 15) is 0 Å². The highest BCUT2D eigenvalue weighted by Crippen LogP contribution is 2.56. The second kappa shape index (κ2) is 6.19. The fraction of sp³-hybridized carbons (Fsp3) is 0.474. The Kier molecular flexibility index (Phi) is 4.03. The van der Waals surface area contributed by atoms with E-state index in [0.717, 1.165) is 25.2 Å². The van der Waals surface area contributed by atoms with Crippen LogP contribution >= 0.6 is 11.3 Å². The number of aromatic nitrogens is 1. The Morgan fingerprint density at radius 1 is 1.33 bits per heavy atom. The molecule has 1 saturated carbocycles. The number of anilines is 1. The molecule has 2 fully saturated rings. The van der Waals surface area contributed by atoms with E-state index in [-0.39, 0.29) is 0 Å². The second-order valence-electron chi connectivity index (χ2n) is 7.07. The van der Waals surface area contributed by atoms with Gasteiger partial charge in [-0.2, -0.15) is 5.26 Å². The minimum atomic E-state index is 0.523. The highest BCUT2D eigenvalue weighted by atomic mass is 32.1. The Hall–Kier alpha value is -1.90. The van der Waals surface area contributed by atoms with E-state index >= 15 is 0 Å². The predicted octanol–water partition coefficient (Wildman–Crippen LogP) is 3.51. The first-order chi connectivity index (χ1) is 11.7. The van der Waals surface area contributed by atoms with Crippen LogP contribution in [0.4, 0.5) is 5.69 Å². The van der Waals surface area contributed by atoms with Gasteiger partial charge in [0.2, 0.25) is 0 Å². The number of thiazole rings is 1. The molecule has 2 heterocycles. The summed E-state index contributed by atoms with van der Waals surface area (Å²) >= 11 is 1.75. The van der Waals surface area contributed by atoms with E-state index in [2.05, 4.69) is 45.4 Å². The molecular weight excluding hydrogens is 316 g/mol. The first-order valence-electron chi connectivity index (χ1n) is 8.54. The summed E-state index contributed by atoms with van der Waals surface area (Å²) in [6, 6.07) is 10.9. The zero-order valence-corrected chi connectivity index (χ0v) is 14.8. The fourth-order valence-corrected chi connectivity index (χ4v) is 4.78. The number of hydrogen-bond acceptors (Lipinski definition) is 5. The van der Waals surface area contributed by atoms with Crippen molar-refractivity contribution in [1.29, 1.82) is 5.26 Å². The molecule has 4 rings (SSSR count). The van der Waals surface area contributed by atoms with Crippen molar-refractivity contribution in [2.45, 2.75) is 31.8 Å². The first kappa shape index (κ1) is 15.6. The molecular formula is C19H22N4S. The third-order valence-corrected chi connectivity index (χ3v) is 6.43. The summed E-state index contributed by atoms with van der Waals surface area (Å²) in [6.45, 7) is 3.21. The summed E-state index contributed by atoms with van der Waals surface area (Å²) in [5.74, 6) is 0. The summed E-state index contributed by atoms with van der Waals surface area (Å²) in [7, 11) is 2.24. The van der Waals surface area contributed by atoms with Crippen molar-refractivity contribution in [3.8, 4) is 6.07 Å². The molecule has 0 radical (unpaired) electrons. The molecule has 124 valence electrons. The average Bonchev–Trinajstić information content (AvgIpc) is 3.07. The van der Waals surface area contributed by atoms with Crippen LogP contribution in [0.5, 0.6) is 0 Å². The maximum absolute atomic E-state index is 8.92. The Morgan fingerprint density at radius 2 is 2.08 bits per heavy atom. The lowest BCUT2D eigenvalue weighted by Crippen LogP contribution is -2.37. The third kappa shape index (κ3) is 2.92. The van der Waals surface area contributed by atoms with Crippen molar-refractivity contribution < 1.29 is 0 Å². The van der Waals surface area contributed by atoms with Gasteiger partial charge in [-0.1, -0.05) is 0 Å². The molecule has 1 spiro atoms. The lowest BCUT2D eigenvalue weighted by atomic mass is 9.92. The van der Waals surface area contributed by atoms with Crippen LogP contribution in [-0.4, -0.2) is 36.1 Å². The van der Waals surface area contributed by atoms with Gasteiger partial charge in [0.25, 0.3) is 0 Å². The fourth-order valence-electron chi connectivity index (χ4n) is 4.10. The smallest absolute Gasteiger partial charge is 0.107 e. The maximum Gasteiger partial charge on any atom is 0.107 e. The molecule has 5 heteroatoms. The van der Waals surface area contributed by atoms with Gasteiger partial charge in [-0.25, -0.2) is 4.98 Å². The van der Waals surface area contributed by atoms with E-state index < -0.39 is 0 Å². The summed E-state index contributed by atoms with van der Waals surface area (Å²) < 4.78 is 0. The van der Waals surface area contributed by atoms with E-state index in [4.69, 9.17) is 5.26 Å². The van der Waals surface area contributed by atoms with Crippen molar-refractivity contribution >= 4 is 17.0 Å². The molecule has 1 atom stereocenters. The van der Waals surface area contributed by atoms with E-state index in [1.807, 2.05) is 18.3 Å². The molecule has 1 aliphatic carbocycles. The number of benzene rings is 1. The number of nitrogens with zero attached hydrogens (tertiary/aromatic N) is 4. The van der Waals surface area contributed by atoms with Crippen molar-refractivity contribution in [1.82, 2.24) is 9.88 Å². The molecule has 1 saturated heterocycles. The summed E-state index contributed by atoms with van der Waals surface area (Å²) in [5.41, 5.74) is 2.50. The molecule has 0 bridgehead atoms. The van der Waals surface area contributed by atoms with Crippen LogP contribution in [-0.2, 0) is 6.54 Å². The van der Waals surface area contributed by atoms with Crippen LogP contribution in [0.15, 0.2) is 35.8 Å². The van der Waals surface area contributed by atoms with Gasteiger partial charge < -0.3 is 4.90 Å². The minimum Gasteiger partial charge on any atom is -0.371 e. The average molecular weight is 338 g/mol. The molecule has 0 N–H and O–H groups in total. The van der Waals surface area contributed by atoms with E-state index in [0.29, 0.717) is 11.5 Å². The third-order valence-electron chi connectivity index (χ3n) is 5.67. The van der Waals surface area contributed by atoms with Crippen LogP contribution in [0.2, 0.25) is 0 Å². The topological polar surface area (TPSA) is 43.2 Å². The lowest BCUT2D eigenvalue weighted by molar-refractivity contribution is 0.239. The van der Waals surface area contributed by atoms with E-state index in [1.54, 1.807) is 11.3 Å². The van der Waals surface area contributed by atoms with Crippen LogP contribution in [0.1, 0.15) is 29.8 Å². The van der Waals surface area contributed by atoms with Crippen molar-refractivity contribution in [2.75, 3.05) is 25.0 Å². The lowest BCUT2D eigenvalue weighted by Gasteiger charge is -2.35. The first-order valence-corrected chi connectivity index (χ1v) is 9.42. The molecule has 24 heavy (non-hydrogen) atoms. The highest BCUT2D eigenvalue weighted by molar-refractivity contribution is 7.09. The predicted molar refractivity (Wildman–Crippen MR) is 97.0 cm³/mol. The molecule has 0 amide bonds. The minimum absolute atomic E-state index is 0.523. The number of rotatable bonds is 4. The summed E-state index contributed by atoms with van der Waals surface area (Å²) in [5, 5.41) is 12.2. The van der Waals surface area contributed by atoms with Gasteiger partial charge in [0.05, 0.1) is 18.2 Å². The molecule has 0 unspecified atom stereocenters. The zero-order valence-electron chi connectivity index (χ0n) is 14.0. The molecule has 1 aromatic heterocycles. The monoisotopic (exact) mass is 338 g/mol. The van der Waals surface area contributed by atoms with Gasteiger partial charge in [0.15, 0.2) is 0 Å². The van der Waals surface area contributed by atoms with Crippen LogP contribution in [0.3, 0.4) is 0 Å². The number of nitriles is 1. The standard InChI is InChI=1S/C19H22N4S/c1-22(14-18-21-8-11-24-18)17-12-19(17)6-9-23(10-7-19)16-4-2-15(13-20)3-5-16/h2-5,8,11,17H,6-7,9-10,12,14H2,1H3/t17-/m1/s1. The molecule has 2 aromatic rings. The van der Waals surface area contributed by atoms with Crippen molar-refractivity contribution in [3.63, 3.8) is 0 Å². The SMILES string of the molecule is CN(Cc1nccs1)[C@@H]1CC12CCN(c1ccc(C#N)cc1)CC2.